The molecule has 1 heterocycles. The first kappa shape index (κ1) is 13.2. The maximum atomic E-state index is 12.4. The first-order valence-electron chi connectivity index (χ1n) is 4.96. The average molecular weight is 241 g/mol. The molecule has 94 valence electrons. The fourth-order valence-electron chi connectivity index (χ4n) is 1.65. The Morgan fingerprint density at radius 1 is 1.62 bits per heavy atom. The van der Waals surface area contributed by atoms with Crippen molar-refractivity contribution in [3.8, 4) is 0 Å². The number of β-amino-alcohol motifs (C(OH)–C–C–N with tert-alkyl or cyclic N) is 1. The van der Waals surface area contributed by atoms with Gasteiger partial charge < -0.3 is 15.2 Å². The second kappa shape index (κ2) is 4.58. The van der Waals surface area contributed by atoms with E-state index in [9.17, 15) is 23.1 Å². The van der Waals surface area contributed by atoms with Crippen LogP contribution in [0.5, 0.6) is 0 Å². The minimum atomic E-state index is -4.68. The van der Waals surface area contributed by atoms with Crippen LogP contribution >= 0.6 is 0 Å². The zero-order chi connectivity index (χ0) is 12.4. The quantitative estimate of drug-likeness (QED) is 0.710. The Bertz CT molecular complexity index is 269. The maximum absolute atomic E-state index is 12.4. The van der Waals surface area contributed by atoms with Crippen LogP contribution in [0.4, 0.5) is 13.2 Å². The molecule has 2 unspecified atom stereocenters. The zero-order valence-corrected chi connectivity index (χ0v) is 8.80. The van der Waals surface area contributed by atoms with Crippen LogP contribution in [-0.2, 0) is 9.53 Å². The second-order valence-corrected chi connectivity index (χ2v) is 3.82. The smallest absolute Gasteiger partial charge is 0.418 e. The molecule has 1 fully saturated rings. The number of esters is 1. The van der Waals surface area contributed by atoms with Crippen LogP contribution in [0.1, 0.15) is 19.8 Å². The molecule has 0 aromatic rings. The van der Waals surface area contributed by atoms with Crippen molar-refractivity contribution in [2.45, 2.75) is 37.6 Å². The van der Waals surface area contributed by atoms with Crippen LogP contribution in [-0.4, -0.2) is 42.0 Å². The van der Waals surface area contributed by atoms with E-state index >= 15 is 0 Å². The second-order valence-electron chi connectivity index (χ2n) is 3.82. The van der Waals surface area contributed by atoms with Crippen LogP contribution in [0, 0.1) is 0 Å². The lowest BCUT2D eigenvalue weighted by Gasteiger charge is -2.24. The van der Waals surface area contributed by atoms with Crippen molar-refractivity contribution in [2.75, 3.05) is 13.2 Å². The topological polar surface area (TPSA) is 58.6 Å². The lowest BCUT2D eigenvalue weighted by atomic mass is 9.98. The van der Waals surface area contributed by atoms with Crippen LogP contribution in [0.15, 0.2) is 0 Å². The summed E-state index contributed by atoms with van der Waals surface area (Å²) in [7, 11) is 0. The minimum absolute atomic E-state index is 0.160. The number of rotatable bonds is 3. The number of carbonyl (C=O) groups excluding carboxylic acids is 1. The first-order valence-corrected chi connectivity index (χ1v) is 4.96. The third-order valence-electron chi connectivity index (χ3n) is 2.51. The van der Waals surface area contributed by atoms with Gasteiger partial charge >= 0.3 is 12.1 Å². The number of alkyl halides is 3. The molecule has 0 spiro atoms. The lowest BCUT2D eigenvalue weighted by molar-refractivity contribution is -0.252. The molecular formula is C9H14F3NO3. The molecule has 4 nitrogen and oxygen atoms in total. The van der Waals surface area contributed by atoms with Crippen molar-refractivity contribution in [3.63, 3.8) is 0 Å². The van der Waals surface area contributed by atoms with Crippen LogP contribution in [0.25, 0.3) is 0 Å². The molecule has 1 rings (SSSR count). The summed E-state index contributed by atoms with van der Waals surface area (Å²) < 4.78 is 41.8. The molecule has 2 N–H and O–H groups in total. The van der Waals surface area contributed by atoms with Crippen molar-refractivity contribution in [2.24, 2.45) is 0 Å². The lowest BCUT2D eigenvalue weighted by Crippen LogP contribution is -2.46. The molecule has 7 heteroatoms. The molecule has 0 radical (unpaired) electrons. The van der Waals surface area contributed by atoms with E-state index in [1.165, 1.54) is 0 Å². The predicted molar refractivity (Wildman–Crippen MR) is 48.7 cm³/mol. The number of ether oxygens (including phenoxy) is 1. The number of nitrogens with one attached hydrogen (secondary N) is 1. The van der Waals surface area contributed by atoms with Crippen LogP contribution in [0.3, 0.4) is 0 Å². The maximum Gasteiger partial charge on any atom is 0.418 e. The molecule has 16 heavy (non-hydrogen) atoms. The van der Waals surface area contributed by atoms with Gasteiger partial charge in [0.05, 0.1) is 13.0 Å². The summed E-state index contributed by atoms with van der Waals surface area (Å²) in [4.78, 5) is 11.0. The number of hydrogen-bond acceptors (Lipinski definition) is 4. The summed E-state index contributed by atoms with van der Waals surface area (Å²) in [5.41, 5.74) is -2.73. The predicted octanol–water partition coefficient (Wildman–Crippen LogP) is 0.595. The summed E-state index contributed by atoms with van der Waals surface area (Å²) in [6, 6.07) is -0.689. The van der Waals surface area contributed by atoms with Gasteiger partial charge in [-0.1, -0.05) is 0 Å². The van der Waals surface area contributed by atoms with E-state index in [0.29, 0.717) is 0 Å². The van der Waals surface area contributed by atoms with Gasteiger partial charge in [0.25, 0.3) is 0 Å². The zero-order valence-electron chi connectivity index (χ0n) is 8.80. The fourth-order valence-corrected chi connectivity index (χ4v) is 1.65. The first-order chi connectivity index (χ1) is 7.28. The number of hydrogen-bond donors (Lipinski definition) is 2. The van der Waals surface area contributed by atoms with Gasteiger partial charge in [0, 0.05) is 19.0 Å². The van der Waals surface area contributed by atoms with Crippen LogP contribution < -0.4 is 5.32 Å². The normalized spacial score (nSPS) is 30.4. The Hall–Kier alpha value is -0.820. The standard InChI is InChI=1S/C9H14F3NO3/c1-2-16-7(14)3-6-4-8(15,5-13-6)9(10,11)12/h6,13,15H,2-5H2,1H3. The van der Waals surface area contributed by atoms with Crippen LogP contribution in [0.2, 0.25) is 0 Å². The van der Waals surface area contributed by atoms with E-state index in [-0.39, 0.29) is 13.0 Å². The van der Waals surface area contributed by atoms with E-state index in [4.69, 9.17) is 0 Å². The number of carbonyl (C=O) groups is 1. The average Bonchev–Trinajstić information content (AvgIpc) is 2.48. The third-order valence-corrected chi connectivity index (χ3v) is 2.51. The fraction of sp³-hybridized carbons (Fsp3) is 0.889. The highest BCUT2D eigenvalue weighted by Gasteiger charge is 2.57. The molecule has 0 aliphatic carbocycles. The van der Waals surface area contributed by atoms with Gasteiger partial charge in [-0.3, -0.25) is 4.79 Å². The summed E-state index contributed by atoms with van der Waals surface area (Å²) in [6.07, 6.45) is -5.36. The van der Waals surface area contributed by atoms with Gasteiger partial charge in [-0.2, -0.15) is 13.2 Å². The molecule has 0 bridgehead atoms. The van der Waals surface area contributed by atoms with Gasteiger partial charge in [0.15, 0.2) is 5.60 Å². The summed E-state index contributed by atoms with van der Waals surface area (Å²) >= 11 is 0. The largest absolute Gasteiger partial charge is 0.466 e. The Morgan fingerprint density at radius 2 is 2.25 bits per heavy atom. The third kappa shape index (κ3) is 2.85. The van der Waals surface area contributed by atoms with Crippen molar-refractivity contribution in [1.29, 1.82) is 0 Å². The van der Waals surface area contributed by atoms with Gasteiger partial charge in [-0.05, 0) is 6.92 Å². The van der Waals surface area contributed by atoms with E-state index in [1.54, 1.807) is 6.92 Å². The molecular weight excluding hydrogens is 227 g/mol. The summed E-state index contributed by atoms with van der Waals surface area (Å²) in [6.45, 7) is 1.22. The summed E-state index contributed by atoms with van der Waals surface area (Å²) in [5.74, 6) is -0.563. The molecule has 1 aliphatic rings. The van der Waals surface area contributed by atoms with E-state index in [1.807, 2.05) is 0 Å². The molecule has 1 saturated heterocycles. The Balaban J connectivity index is 2.50. The SMILES string of the molecule is CCOC(=O)CC1CC(O)(C(F)(F)F)CN1. The van der Waals surface area contributed by atoms with Gasteiger partial charge in [-0.25, -0.2) is 0 Å². The molecule has 2 atom stereocenters. The molecule has 0 aromatic heterocycles. The summed E-state index contributed by atoms with van der Waals surface area (Å²) in [5, 5.41) is 11.8. The van der Waals surface area contributed by atoms with Crippen molar-refractivity contribution in [3.05, 3.63) is 0 Å². The molecule has 0 aromatic carbocycles. The minimum Gasteiger partial charge on any atom is -0.466 e. The molecule has 0 amide bonds. The highest BCUT2D eigenvalue weighted by atomic mass is 19.4. The van der Waals surface area contributed by atoms with Crippen molar-refractivity contribution < 1.29 is 27.8 Å². The van der Waals surface area contributed by atoms with E-state index < -0.39 is 36.8 Å². The molecule has 0 saturated carbocycles. The van der Waals surface area contributed by atoms with Crippen molar-refractivity contribution >= 4 is 5.97 Å². The van der Waals surface area contributed by atoms with E-state index in [0.717, 1.165) is 0 Å². The Kier molecular flexibility index (Phi) is 3.80. The van der Waals surface area contributed by atoms with Crippen molar-refractivity contribution in [1.82, 2.24) is 5.32 Å². The highest BCUT2D eigenvalue weighted by Crippen LogP contribution is 2.37. The Morgan fingerprint density at radius 3 is 2.69 bits per heavy atom. The number of halogens is 3. The monoisotopic (exact) mass is 241 g/mol. The van der Waals surface area contributed by atoms with Gasteiger partial charge in [0.2, 0.25) is 0 Å². The van der Waals surface area contributed by atoms with Gasteiger partial charge in [-0.15, -0.1) is 0 Å². The number of aliphatic hydroxyl groups is 1. The molecule has 1 aliphatic heterocycles. The Labute approximate surface area is 90.8 Å². The van der Waals surface area contributed by atoms with E-state index in [2.05, 4.69) is 10.1 Å². The van der Waals surface area contributed by atoms with Gasteiger partial charge in [0.1, 0.15) is 0 Å². The highest BCUT2D eigenvalue weighted by molar-refractivity contribution is 5.70.